The van der Waals surface area contributed by atoms with Crippen molar-refractivity contribution >= 4 is 38.8 Å². The van der Waals surface area contributed by atoms with Gasteiger partial charge in [0.2, 0.25) is 5.89 Å². The highest BCUT2D eigenvalue weighted by Gasteiger charge is 2.20. The third kappa shape index (κ3) is 1.99. The number of benzene rings is 1. The minimum Gasteiger partial charge on any atom is -0.439 e. The van der Waals surface area contributed by atoms with Gasteiger partial charge in [-0.25, -0.2) is 4.98 Å². The van der Waals surface area contributed by atoms with Gasteiger partial charge in [0, 0.05) is 22.5 Å². The molecular weight excluding hydrogens is 288 g/mol. The van der Waals surface area contributed by atoms with Gasteiger partial charge in [-0.05, 0) is 18.2 Å². The van der Waals surface area contributed by atoms with Crippen molar-refractivity contribution in [3.05, 3.63) is 28.6 Å². The van der Waals surface area contributed by atoms with Crippen LogP contribution in [0.3, 0.4) is 0 Å². The molecule has 0 radical (unpaired) electrons. The van der Waals surface area contributed by atoms with Gasteiger partial charge in [0.15, 0.2) is 5.58 Å². The Morgan fingerprint density at radius 3 is 3.25 bits per heavy atom. The Kier molecular flexibility index (Phi) is 2.91. The van der Waals surface area contributed by atoms with Crippen molar-refractivity contribution in [2.45, 2.75) is 6.04 Å². The number of thioether (sulfide) groups is 1. The van der Waals surface area contributed by atoms with Gasteiger partial charge in [-0.2, -0.15) is 11.8 Å². The van der Waals surface area contributed by atoms with Gasteiger partial charge in [0.1, 0.15) is 5.52 Å². The number of hydrogen-bond donors (Lipinski definition) is 1. The van der Waals surface area contributed by atoms with Crippen LogP contribution >= 0.6 is 27.7 Å². The molecule has 16 heavy (non-hydrogen) atoms. The number of nitrogens with zero attached hydrogens (tertiary/aromatic N) is 1. The van der Waals surface area contributed by atoms with Crippen LogP contribution in [0.25, 0.3) is 11.1 Å². The van der Waals surface area contributed by atoms with Gasteiger partial charge in [-0.3, -0.25) is 0 Å². The van der Waals surface area contributed by atoms with E-state index < -0.39 is 0 Å². The maximum Gasteiger partial charge on any atom is 0.213 e. The van der Waals surface area contributed by atoms with Gasteiger partial charge in [0.25, 0.3) is 0 Å². The molecule has 5 heteroatoms. The number of halogens is 1. The molecule has 1 aliphatic rings. The number of rotatable bonds is 1. The van der Waals surface area contributed by atoms with Crippen molar-refractivity contribution in [1.82, 2.24) is 10.3 Å². The summed E-state index contributed by atoms with van der Waals surface area (Å²) < 4.78 is 6.79. The third-order valence-corrected chi connectivity index (χ3v) is 4.14. The van der Waals surface area contributed by atoms with E-state index in [1.165, 1.54) is 5.75 Å². The van der Waals surface area contributed by atoms with Gasteiger partial charge in [0.05, 0.1) is 6.04 Å². The van der Waals surface area contributed by atoms with Crippen LogP contribution in [-0.4, -0.2) is 23.0 Å². The fraction of sp³-hybridized carbons (Fsp3) is 0.364. The normalized spacial score (nSPS) is 21.4. The number of aromatic nitrogens is 1. The van der Waals surface area contributed by atoms with E-state index in [-0.39, 0.29) is 6.04 Å². The van der Waals surface area contributed by atoms with E-state index >= 15 is 0 Å². The first-order valence-corrected chi connectivity index (χ1v) is 7.15. The van der Waals surface area contributed by atoms with E-state index in [2.05, 4.69) is 26.2 Å². The minimum absolute atomic E-state index is 0.255. The lowest BCUT2D eigenvalue weighted by Gasteiger charge is -2.19. The van der Waals surface area contributed by atoms with Crippen molar-refractivity contribution in [3.8, 4) is 0 Å². The highest BCUT2D eigenvalue weighted by atomic mass is 79.9. The Morgan fingerprint density at radius 1 is 1.50 bits per heavy atom. The Hall–Kier alpha value is -0.520. The molecule has 0 saturated carbocycles. The quantitative estimate of drug-likeness (QED) is 0.878. The Labute approximate surface area is 106 Å². The molecule has 2 heterocycles. The average molecular weight is 299 g/mol. The van der Waals surface area contributed by atoms with Crippen LogP contribution in [0.4, 0.5) is 0 Å². The maximum absolute atomic E-state index is 5.75. The average Bonchev–Trinajstić information content (AvgIpc) is 2.73. The van der Waals surface area contributed by atoms with Crippen LogP contribution in [0.5, 0.6) is 0 Å². The zero-order chi connectivity index (χ0) is 11.0. The SMILES string of the molecule is Brc1ccc2oc(C3CSCCN3)nc2c1. The summed E-state index contributed by atoms with van der Waals surface area (Å²) in [5.74, 6) is 3.01. The number of hydrogen-bond acceptors (Lipinski definition) is 4. The molecule has 1 N–H and O–H groups in total. The molecule has 1 atom stereocenters. The van der Waals surface area contributed by atoms with Crippen LogP contribution in [0.1, 0.15) is 11.9 Å². The molecule has 1 saturated heterocycles. The fourth-order valence-corrected chi connectivity index (χ4v) is 3.07. The second kappa shape index (κ2) is 4.39. The minimum atomic E-state index is 0.255. The summed E-state index contributed by atoms with van der Waals surface area (Å²) >= 11 is 5.38. The number of fused-ring (bicyclic) bond motifs is 1. The molecule has 0 aliphatic carbocycles. The predicted octanol–water partition coefficient (Wildman–Crippen LogP) is 2.97. The summed E-state index contributed by atoms with van der Waals surface area (Å²) in [5.41, 5.74) is 1.78. The molecule has 84 valence electrons. The Bertz CT molecular complexity index is 508. The van der Waals surface area contributed by atoms with Gasteiger partial charge in [-0.15, -0.1) is 0 Å². The molecule has 0 spiro atoms. The van der Waals surface area contributed by atoms with Crippen molar-refractivity contribution < 1.29 is 4.42 Å². The third-order valence-electron chi connectivity index (χ3n) is 2.59. The maximum atomic E-state index is 5.75. The van der Waals surface area contributed by atoms with Crippen LogP contribution < -0.4 is 5.32 Å². The van der Waals surface area contributed by atoms with Crippen LogP contribution in [-0.2, 0) is 0 Å². The lowest BCUT2D eigenvalue weighted by atomic mass is 10.3. The fourth-order valence-electron chi connectivity index (χ4n) is 1.79. The largest absolute Gasteiger partial charge is 0.439 e. The van der Waals surface area contributed by atoms with E-state index in [1.807, 2.05) is 30.0 Å². The van der Waals surface area contributed by atoms with Gasteiger partial charge in [-0.1, -0.05) is 15.9 Å². The molecule has 3 nitrogen and oxygen atoms in total. The summed E-state index contributed by atoms with van der Waals surface area (Å²) in [4.78, 5) is 4.52. The highest BCUT2D eigenvalue weighted by Crippen LogP contribution is 2.26. The van der Waals surface area contributed by atoms with Crippen LogP contribution in [0, 0.1) is 0 Å². The molecular formula is C11H11BrN2OS. The van der Waals surface area contributed by atoms with Crippen molar-refractivity contribution in [3.63, 3.8) is 0 Å². The monoisotopic (exact) mass is 298 g/mol. The second-order valence-electron chi connectivity index (χ2n) is 3.75. The Balaban J connectivity index is 1.97. The van der Waals surface area contributed by atoms with E-state index in [0.717, 1.165) is 33.8 Å². The molecule has 1 aliphatic heterocycles. The summed E-state index contributed by atoms with van der Waals surface area (Å²) in [6.07, 6.45) is 0. The van der Waals surface area contributed by atoms with E-state index in [1.54, 1.807) is 0 Å². The summed E-state index contributed by atoms with van der Waals surface area (Å²) in [5, 5.41) is 3.42. The Morgan fingerprint density at radius 2 is 2.44 bits per heavy atom. The molecule has 0 amide bonds. The van der Waals surface area contributed by atoms with E-state index in [4.69, 9.17) is 4.42 Å². The van der Waals surface area contributed by atoms with Crippen molar-refractivity contribution in [2.75, 3.05) is 18.1 Å². The van der Waals surface area contributed by atoms with Crippen molar-refractivity contribution in [2.24, 2.45) is 0 Å². The lowest BCUT2D eigenvalue weighted by Crippen LogP contribution is -2.30. The molecule has 3 rings (SSSR count). The highest BCUT2D eigenvalue weighted by molar-refractivity contribution is 9.10. The standard InChI is InChI=1S/C11H11BrN2OS/c12-7-1-2-10-8(5-7)14-11(15-10)9-6-16-4-3-13-9/h1-2,5,9,13H,3-4,6H2. The molecule has 0 bridgehead atoms. The molecule has 1 aromatic heterocycles. The molecule has 1 aromatic carbocycles. The van der Waals surface area contributed by atoms with Gasteiger partial charge < -0.3 is 9.73 Å². The van der Waals surface area contributed by atoms with Crippen LogP contribution in [0.15, 0.2) is 27.1 Å². The number of nitrogens with one attached hydrogen (secondary N) is 1. The van der Waals surface area contributed by atoms with Crippen LogP contribution in [0.2, 0.25) is 0 Å². The first-order valence-electron chi connectivity index (χ1n) is 5.20. The topological polar surface area (TPSA) is 38.1 Å². The van der Waals surface area contributed by atoms with E-state index in [9.17, 15) is 0 Å². The number of oxazole rings is 1. The molecule has 1 unspecified atom stereocenters. The molecule has 2 aromatic rings. The smallest absolute Gasteiger partial charge is 0.213 e. The predicted molar refractivity (Wildman–Crippen MR) is 69.8 cm³/mol. The van der Waals surface area contributed by atoms with Crippen molar-refractivity contribution in [1.29, 1.82) is 0 Å². The first kappa shape index (κ1) is 10.6. The second-order valence-corrected chi connectivity index (χ2v) is 5.81. The van der Waals surface area contributed by atoms with E-state index in [0.29, 0.717) is 0 Å². The summed E-state index contributed by atoms with van der Waals surface area (Å²) in [6.45, 7) is 1.03. The van der Waals surface area contributed by atoms with Gasteiger partial charge >= 0.3 is 0 Å². The summed E-state index contributed by atoms with van der Waals surface area (Å²) in [7, 11) is 0. The lowest BCUT2D eigenvalue weighted by molar-refractivity contribution is 0.441. The zero-order valence-corrected chi connectivity index (χ0v) is 11.0. The zero-order valence-electron chi connectivity index (χ0n) is 8.57. The summed E-state index contributed by atoms with van der Waals surface area (Å²) in [6, 6.07) is 6.16. The molecule has 1 fully saturated rings. The first-order chi connectivity index (χ1) is 7.83.